The molecule has 0 saturated carbocycles. The molecule has 0 aliphatic rings. The lowest BCUT2D eigenvalue weighted by atomic mass is 10.3. The largest absolute Gasteiger partial charge is 0.384 e. The Labute approximate surface area is 58.2 Å². The van der Waals surface area contributed by atoms with Crippen LogP contribution < -0.4 is 5.73 Å². The molecule has 2 nitrogen and oxygen atoms in total. The molecule has 2 N–H and O–H groups in total. The standard InChI is InChI=1S/C7H7FN2/c1-2-5-4-10-7(9)3-6(5)8/h2-4H,1H2,(H2,9,10). The Hall–Kier alpha value is -1.38. The van der Waals surface area contributed by atoms with E-state index in [4.69, 9.17) is 5.73 Å². The van der Waals surface area contributed by atoms with Gasteiger partial charge >= 0.3 is 0 Å². The number of halogens is 1. The molecule has 0 radical (unpaired) electrons. The monoisotopic (exact) mass is 138 g/mol. The summed E-state index contributed by atoms with van der Waals surface area (Å²) < 4.78 is 12.7. The first-order valence-electron chi connectivity index (χ1n) is 2.77. The number of nitrogen functional groups attached to an aromatic ring is 1. The molecule has 10 heavy (non-hydrogen) atoms. The Balaban J connectivity index is 3.19. The molecular weight excluding hydrogens is 131 g/mol. The van der Waals surface area contributed by atoms with Gasteiger partial charge in [0.15, 0.2) is 0 Å². The Morgan fingerprint density at radius 1 is 1.70 bits per heavy atom. The van der Waals surface area contributed by atoms with Gasteiger partial charge in [-0.1, -0.05) is 12.7 Å². The molecule has 1 aromatic rings. The third kappa shape index (κ3) is 1.13. The van der Waals surface area contributed by atoms with Crippen molar-refractivity contribution in [3.05, 3.63) is 30.2 Å². The molecule has 1 rings (SSSR count). The summed E-state index contributed by atoms with van der Waals surface area (Å²) >= 11 is 0. The first kappa shape index (κ1) is 6.74. The lowest BCUT2D eigenvalue weighted by Crippen LogP contribution is -1.92. The molecule has 0 amide bonds. The lowest BCUT2D eigenvalue weighted by molar-refractivity contribution is 0.623. The molecule has 0 unspecified atom stereocenters. The van der Waals surface area contributed by atoms with Crippen molar-refractivity contribution in [3.63, 3.8) is 0 Å². The highest BCUT2D eigenvalue weighted by molar-refractivity contribution is 5.48. The van der Waals surface area contributed by atoms with Gasteiger partial charge in [0.25, 0.3) is 0 Å². The zero-order valence-electron chi connectivity index (χ0n) is 5.34. The number of rotatable bonds is 1. The van der Waals surface area contributed by atoms with Crippen LogP contribution in [0, 0.1) is 5.82 Å². The summed E-state index contributed by atoms with van der Waals surface area (Å²) in [7, 11) is 0. The van der Waals surface area contributed by atoms with E-state index in [1.807, 2.05) is 0 Å². The van der Waals surface area contributed by atoms with E-state index in [9.17, 15) is 4.39 Å². The second-order valence-electron chi connectivity index (χ2n) is 1.83. The van der Waals surface area contributed by atoms with Crippen molar-refractivity contribution in [1.82, 2.24) is 4.98 Å². The molecular formula is C7H7FN2. The lowest BCUT2D eigenvalue weighted by Gasteiger charge is -1.95. The Morgan fingerprint density at radius 3 is 2.90 bits per heavy atom. The van der Waals surface area contributed by atoms with Crippen LogP contribution in [0.5, 0.6) is 0 Å². The molecule has 0 aromatic carbocycles. The van der Waals surface area contributed by atoms with Gasteiger partial charge < -0.3 is 5.73 Å². The molecule has 52 valence electrons. The number of pyridine rings is 1. The van der Waals surface area contributed by atoms with Crippen molar-refractivity contribution in [2.24, 2.45) is 0 Å². The van der Waals surface area contributed by atoms with E-state index in [0.29, 0.717) is 5.56 Å². The molecule has 1 heterocycles. The van der Waals surface area contributed by atoms with Gasteiger partial charge in [-0.15, -0.1) is 0 Å². The van der Waals surface area contributed by atoms with Crippen LogP contribution in [0.2, 0.25) is 0 Å². The quantitative estimate of drug-likeness (QED) is 0.637. The molecule has 0 aliphatic heterocycles. The predicted molar refractivity (Wildman–Crippen MR) is 38.7 cm³/mol. The molecule has 0 bridgehead atoms. The summed E-state index contributed by atoms with van der Waals surface area (Å²) in [6, 6.07) is 1.16. The maximum Gasteiger partial charge on any atom is 0.135 e. The summed E-state index contributed by atoms with van der Waals surface area (Å²) in [5.41, 5.74) is 5.57. The summed E-state index contributed by atoms with van der Waals surface area (Å²) in [4.78, 5) is 3.68. The van der Waals surface area contributed by atoms with Crippen LogP contribution in [-0.4, -0.2) is 4.98 Å². The number of hydrogen-bond acceptors (Lipinski definition) is 2. The maximum atomic E-state index is 12.7. The molecule has 1 aromatic heterocycles. The van der Waals surface area contributed by atoms with Crippen LogP contribution in [0.15, 0.2) is 18.8 Å². The molecule has 0 atom stereocenters. The smallest absolute Gasteiger partial charge is 0.135 e. The highest BCUT2D eigenvalue weighted by Crippen LogP contribution is 2.08. The first-order chi connectivity index (χ1) is 4.74. The van der Waals surface area contributed by atoms with Crippen molar-refractivity contribution < 1.29 is 4.39 Å². The van der Waals surface area contributed by atoms with Gasteiger partial charge in [0, 0.05) is 17.8 Å². The van der Waals surface area contributed by atoms with Gasteiger partial charge in [0.05, 0.1) is 0 Å². The molecule has 3 heteroatoms. The maximum absolute atomic E-state index is 12.7. The average Bonchev–Trinajstić information content (AvgIpc) is 1.88. The van der Waals surface area contributed by atoms with Crippen LogP contribution in [-0.2, 0) is 0 Å². The number of aromatic nitrogens is 1. The van der Waals surface area contributed by atoms with Gasteiger partial charge in [-0.05, 0) is 0 Å². The van der Waals surface area contributed by atoms with Crippen molar-refractivity contribution in [3.8, 4) is 0 Å². The number of nitrogens with zero attached hydrogens (tertiary/aromatic N) is 1. The average molecular weight is 138 g/mol. The van der Waals surface area contributed by atoms with E-state index in [1.54, 1.807) is 0 Å². The van der Waals surface area contributed by atoms with Crippen molar-refractivity contribution in [2.75, 3.05) is 5.73 Å². The van der Waals surface area contributed by atoms with Crippen LogP contribution >= 0.6 is 0 Å². The molecule has 0 aliphatic carbocycles. The third-order valence-electron chi connectivity index (χ3n) is 1.12. The van der Waals surface area contributed by atoms with Gasteiger partial charge in [0.2, 0.25) is 0 Å². The number of hydrogen-bond donors (Lipinski definition) is 1. The van der Waals surface area contributed by atoms with Crippen molar-refractivity contribution in [2.45, 2.75) is 0 Å². The first-order valence-corrected chi connectivity index (χ1v) is 2.77. The van der Waals surface area contributed by atoms with E-state index in [2.05, 4.69) is 11.6 Å². The predicted octanol–water partition coefficient (Wildman–Crippen LogP) is 1.45. The molecule has 0 spiro atoms. The van der Waals surface area contributed by atoms with E-state index >= 15 is 0 Å². The zero-order valence-corrected chi connectivity index (χ0v) is 5.34. The number of nitrogens with two attached hydrogens (primary N) is 1. The Kier molecular flexibility index (Phi) is 1.67. The van der Waals surface area contributed by atoms with Crippen LogP contribution in [0.1, 0.15) is 5.56 Å². The SMILES string of the molecule is C=Cc1cnc(N)cc1F. The molecule has 0 fully saturated rings. The Morgan fingerprint density at radius 2 is 2.40 bits per heavy atom. The van der Waals surface area contributed by atoms with Gasteiger partial charge in [-0.3, -0.25) is 0 Å². The minimum atomic E-state index is -0.387. The summed E-state index contributed by atoms with van der Waals surface area (Å²) in [5.74, 6) is -0.203. The van der Waals surface area contributed by atoms with Crippen molar-refractivity contribution >= 4 is 11.9 Å². The molecule has 0 saturated heterocycles. The van der Waals surface area contributed by atoms with Gasteiger partial charge in [-0.25, -0.2) is 9.37 Å². The fraction of sp³-hybridized carbons (Fsp3) is 0. The fourth-order valence-corrected chi connectivity index (χ4v) is 0.606. The van der Waals surface area contributed by atoms with E-state index in [-0.39, 0.29) is 11.6 Å². The second-order valence-corrected chi connectivity index (χ2v) is 1.83. The normalized spacial score (nSPS) is 9.30. The van der Waals surface area contributed by atoms with E-state index in [1.165, 1.54) is 12.3 Å². The van der Waals surface area contributed by atoms with E-state index in [0.717, 1.165) is 6.07 Å². The second kappa shape index (κ2) is 2.47. The van der Waals surface area contributed by atoms with Crippen LogP contribution in [0.25, 0.3) is 6.08 Å². The zero-order chi connectivity index (χ0) is 7.56. The van der Waals surface area contributed by atoms with Crippen molar-refractivity contribution in [1.29, 1.82) is 0 Å². The highest BCUT2D eigenvalue weighted by Gasteiger charge is 1.97. The topological polar surface area (TPSA) is 38.9 Å². The van der Waals surface area contributed by atoms with Crippen LogP contribution in [0.4, 0.5) is 10.2 Å². The van der Waals surface area contributed by atoms with Gasteiger partial charge in [-0.2, -0.15) is 0 Å². The fourth-order valence-electron chi connectivity index (χ4n) is 0.606. The summed E-state index contributed by atoms with van der Waals surface area (Å²) in [6.45, 7) is 3.40. The third-order valence-corrected chi connectivity index (χ3v) is 1.12. The minimum Gasteiger partial charge on any atom is -0.384 e. The Bertz CT molecular complexity index is 258. The highest BCUT2D eigenvalue weighted by atomic mass is 19.1. The van der Waals surface area contributed by atoms with Gasteiger partial charge in [0.1, 0.15) is 11.6 Å². The van der Waals surface area contributed by atoms with E-state index < -0.39 is 0 Å². The summed E-state index contributed by atoms with van der Waals surface area (Å²) in [5, 5.41) is 0. The minimum absolute atomic E-state index is 0.183. The summed E-state index contributed by atoms with van der Waals surface area (Å²) in [6.07, 6.45) is 2.74. The number of anilines is 1. The van der Waals surface area contributed by atoms with Crippen LogP contribution in [0.3, 0.4) is 0 Å².